The SMILES string of the molecule is O=C(O)c1cc(N2CCCS2(=O)=O)ccc1Br. The predicted octanol–water partition coefficient (Wildman–Crippen LogP) is 1.69. The average Bonchev–Trinajstić information content (AvgIpc) is 2.58. The van der Waals surface area contributed by atoms with Crippen LogP contribution in [0.5, 0.6) is 0 Å². The summed E-state index contributed by atoms with van der Waals surface area (Å²) in [5.41, 5.74) is 0.465. The van der Waals surface area contributed by atoms with Crippen molar-refractivity contribution in [3.05, 3.63) is 28.2 Å². The number of halogens is 1. The molecule has 0 saturated carbocycles. The summed E-state index contributed by atoms with van der Waals surface area (Å²) >= 11 is 3.12. The van der Waals surface area contributed by atoms with E-state index >= 15 is 0 Å². The highest BCUT2D eigenvalue weighted by molar-refractivity contribution is 9.10. The fraction of sp³-hybridized carbons (Fsp3) is 0.300. The summed E-state index contributed by atoms with van der Waals surface area (Å²) in [5.74, 6) is -0.971. The number of carboxylic acids is 1. The molecule has 5 nitrogen and oxygen atoms in total. The smallest absolute Gasteiger partial charge is 0.336 e. The van der Waals surface area contributed by atoms with Gasteiger partial charge in [-0.3, -0.25) is 4.31 Å². The fourth-order valence-electron chi connectivity index (χ4n) is 1.76. The topological polar surface area (TPSA) is 74.7 Å². The van der Waals surface area contributed by atoms with Crippen LogP contribution >= 0.6 is 15.9 Å². The Hall–Kier alpha value is -1.08. The highest BCUT2D eigenvalue weighted by Crippen LogP contribution is 2.28. The van der Waals surface area contributed by atoms with Crippen molar-refractivity contribution in [3.8, 4) is 0 Å². The number of rotatable bonds is 2. The van der Waals surface area contributed by atoms with Crippen LogP contribution in [-0.4, -0.2) is 31.8 Å². The first kappa shape index (κ1) is 12.4. The molecule has 1 aliphatic heterocycles. The van der Waals surface area contributed by atoms with Gasteiger partial charge in [-0.25, -0.2) is 13.2 Å². The second kappa shape index (κ2) is 4.30. The maximum atomic E-state index is 11.7. The predicted molar refractivity (Wildman–Crippen MR) is 66.9 cm³/mol. The number of carboxylic acid groups (broad SMARTS) is 1. The Morgan fingerprint density at radius 1 is 1.41 bits per heavy atom. The van der Waals surface area contributed by atoms with E-state index < -0.39 is 16.0 Å². The first-order valence-corrected chi connectivity index (χ1v) is 7.35. The van der Waals surface area contributed by atoms with E-state index in [-0.39, 0.29) is 11.3 Å². The third-order valence-corrected chi connectivity index (χ3v) is 5.13. The molecule has 7 heteroatoms. The molecule has 17 heavy (non-hydrogen) atoms. The van der Waals surface area contributed by atoms with Gasteiger partial charge in [0.2, 0.25) is 10.0 Å². The zero-order chi connectivity index (χ0) is 12.6. The van der Waals surface area contributed by atoms with Crippen LogP contribution in [0, 0.1) is 0 Å². The Morgan fingerprint density at radius 3 is 2.65 bits per heavy atom. The Labute approximate surface area is 107 Å². The van der Waals surface area contributed by atoms with E-state index in [0.717, 1.165) is 0 Å². The molecule has 0 aliphatic carbocycles. The van der Waals surface area contributed by atoms with E-state index in [1.165, 1.54) is 10.4 Å². The van der Waals surface area contributed by atoms with E-state index in [1.807, 2.05) is 0 Å². The Kier molecular flexibility index (Phi) is 3.13. The van der Waals surface area contributed by atoms with Crippen molar-refractivity contribution in [1.29, 1.82) is 0 Å². The second-order valence-electron chi connectivity index (χ2n) is 3.71. The summed E-state index contributed by atoms with van der Waals surface area (Å²) in [6.45, 7) is 0.406. The van der Waals surface area contributed by atoms with Crippen LogP contribution in [0.3, 0.4) is 0 Å². The van der Waals surface area contributed by atoms with Gasteiger partial charge in [0, 0.05) is 11.0 Å². The standard InChI is InChI=1S/C10H10BrNO4S/c11-9-3-2-7(6-8(9)10(13)14)12-4-1-5-17(12,15)16/h2-3,6H,1,4-5H2,(H,13,14). The van der Waals surface area contributed by atoms with E-state index in [0.29, 0.717) is 23.1 Å². The minimum Gasteiger partial charge on any atom is -0.478 e. The Bertz CT molecular complexity index is 570. The van der Waals surface area contributed by atoms with Gasteiger partial charge < -0.3 is 5.11 Å². The minimum atomic E-state index is -3.27. The minimum absolute atomic E-state index is 0.0598. The fourth-order valence-corrected chi connectivity index (χ4v) is 3.73. The number of benzene rings is 1. The summed E-state index contributed by atoms with van der Waals surface area (Å²) in [7, 11) is -3.27. The number of aromatic carboxylic acids is 1. The molecule has 1 N–H and O–H groups in total. The van der Waals surface area contributed by atoms with Gasteiger partial charge in [-0.15, -0.1) is 0 Å². The largest absolute Gasteiger partial charge is 0.478 e. The van der Waals surface area contributed by atoms with Crippen LogP contribution in [0.2, 0.25) is 0 Å². The summed E-state index contributed by atoms with van der Waals surface area (Å²) in [6, 6.07) is 4.52. The van der Waals surface area contributed by atoms with Gasteiger partial charge in [0.15, 0.2) is 0 Å². The van der Waals surface area contributed by atoms with Crippen LogP contribution in [0.1, 0.15) is 16.8 Å². The molecule has 2 rings (SSSR count). The van der Waals surface area contributed by atoms with Crippen molar-refractivity contribution in [2.45, 2.75) is 6.42 Å². The number of hydrogen-bond donors (Lipinski definition) is 1. The molecule has 0 aromatic heterocycles. The highest BCUT2D eigenvalue weighted by atomic mass is 79.9. The molecule has 92 valence electrons. The van der Waals surface area contributed by atoms with E-state index in [2.05, 4.69) is 15.9 Å². The van der Waals surface area contributed by atoms with Gasteiger partial charge in [0.05, 0.1) is 17.0 Å². The van der Waals surface area contributed by atoms with Gasteiger partial charge in [-0.1, -0.05) is 0 Å². The first-order valence-electron chi connectivity index (χ1n) is 4.95. The third-order valence-electron chi connectivity index (χ3n) is 2.57. The van der Waals surface area contributed by atoms with Crippen molar-refractivity contribution in [2.75, 3.05) is 16.6 Å². The Morgan fingerprint density at radius 2 is 2.12 bits per heavy atom. The van der Waals surface area contributed by atoms with Crippen LogP contribution in [0.4, 0.5) is 5.69 Å². The lowest BCUT2D eigenvalue weighted by Gasteiger charge is -2.17. The van der Waals surface area contributed by atoms with Gasteiger partial charge >= 0.3 is 5.97 Å². The van der Waals surface area contributed by atoms with Crippen molar-refractivity contribution >= 4 is 37.6 Å². The molecule has 0 bridgehead atoms. The zero-order valence-corrected chi connectivity index (χ0v) is 11.2. The number of anilines is 1. The number of nitrogens with zero attached hydrogens (tertiary/aromatic N) is 1. The summed E-state index contributed by atoms with van der Waals surface area (Å²) in [6.07, 6.45) is 0.570. The lowest BCUT2D eigenvalue weighted by atomic mass is 10.2. The van der Waals surface area contributed by atoms with Crippen LogP contribution < -0.4 is 4.31 Å². The molecule has 1 aromatic carbocycles. The third kappa shape index (κ3) is 2.30. The molecular formula is C10H10BrNO4S. The van der Waals surface area contributed by atoms with E-state index in [1.54, 1.807) is 12.1 Å². The lowest BCUT2D eigenvalue weighted by Crippen LogP contribution is -2.25. The van der Waals surface area contributed by atoms with Crippen LogP contribution in [0.25, 0.3) is 0 Å². The maximum absolute atomic E-state index is 11.7. The molecule has 1 aromatic rings. The van der Waals surface area contributed by atoms with Gasteiger partial charge in [-0.2, -0.15) is 0 Å². The summed E-state index contributed by atoms with van der Waals surface area (Å²) in [4.78, 5) is 11.0. The average molecular weight is 320 g/mol. The molecule has 0 amide bonds. The zero-order valence-electron chi connectivity index (χ0n) is 8.76. The van der Waals surface area contributed by atoms with E-state index in [9.17, 15) is 13.2 Å². The monoisotopic (exact) mass is 319 g/mol. The Balaban J connectivity index is 2.47. The van der Waals surface area contributed by atoms with Crippen LogP contribution in [-0.2, 0) is 10.0 Å². The molecule has 0 unspecified atom stereocenters. The van der Waals surface area contributed by atoms with Crippen LogP contribution in [0.15, 0.2) is 22.7 Å². The lowest BCUT2D eigenvalue weighted by molar-refractivity contribution is 0.0696. The van der Waals surface area contributed by atoms with Gasteiger partial charge in [0.25, 0.3) is 0 Å². The number of sulfonamides is 1. The van der Waals surface area contributed by atoms with Gasteiger partial charge in [-0.05, 0) is 40.5 Å². The van der Waals surface area contributed by atoms with Crippen molar-refractivity contribution in [3.63, 3.8) is 0 Å². The van der Waals surface area contributed by atoms with Crippen molar-refractivity contribution in [2.24, 2.45) is 0 Å². The molecule has 1 saturated heterocycles. The summed E-state index contributed by atoms with van der Waals surface area (Å²) < 4.78 is 25.1. The molecule has 1 aliphatic rings. The number of carbonyl (C=O) groups is 1. The first-order chi connectivity index (χ1) is 7.92. The number of hydrogen-bond acceptors (Lipinski definition) is 3. The molecule has 0 radical (unpaired) electrons. The molecule has 1 fully saturated rings. The molecular weight excluding hydrogens is 310 g/mol. The van der Waals surface area contributed by atoms with Gasteiger partial charge in [0.1, 0.15) is 0 Å². The molecule has 0 atom stereocenters. The molecule has 1 heterocycles. The summed E-state index contributed by atoms with van der Waals surface area (Å²) in [5, 5.41) is 8.97. The van der Waals surface area contributed by atoms with Crippen molar-refractivity contribution in [1.82, 2.24) is 0 Å². The van der Waals surface area contributed by atoms with Crippen molar-refractivity contribution < 1.29 is 18.3 Å². The second-order valence-corrected chi connectivity index (χ2v) is 6.58. The maximum Gasteiger partial charge on any atom is 0.336 e. The highest BCUT2D eigenvalue weighted by Gasteiger charge is 2.29. The molecule has 0 spiro atoms. The quantitative estimate of drug-likeness (QED) is 0.900. The van der Waals surface area contributed by atoms with E-state index in [4.69, 9.17) is 5.11 Å². The normalized spacial score (nSPS) is 18.3.